The van der Waals surface area contributed by atoms with Gasteiger partial charge in [-0.3, -0.25) is 4.79 Å². The predicted octanol–water partition coefficient (Wildman–Crippen LogP) is 4.44. The Labute approximate surface area is 198 Å². The number of allylic oxidation sites excluding steroid dienone is 2. The topological polar surface area (TPSA) is 90.7 Å². The fourth-order valence-electron chi connectivity index (χ4n) is 5.02. The van der Waals surface area contributed by atoms with Gasteiger partial charge in [0.1, 0.15) is 0 Å². The molecule has 0 aliphatic carbocycles. The van der Waals surface area contributed by atoms with Crippen molar-refractivity contribution in [2.24, 2.45) is 5.92 Å². The standard InChI is InChI=1S/C26H29N5O3/c1-17(2)10-12-30-22-14-20(27-24(32)18-6-4-3-5-7-18)8-9-21(22)28-25(30)31-13-11-19-15-29(26(33)34)16-23(19)31/h3-10,14,19,23H,11-13,15-16H2,1-2H3,(H,27,32)(H,33,34). The number of imidazole rings is 1. The number of aromatic nitrogens is 2. The molecule has 2 saturated heterocycles. The summed E-state index contributed by atoms with van der Waals surface area (Å²) < 4.78 is 2.17. The van der Waals surface area contributed by atoms with E-state index in [2.05, 4.69) is 34.7 Å². The molecule has 3 aromatic rings. The molecule has 0 spiro atoms. The van der Waals surface area contributed by atoms with Crippen molar-refractivity contribution in [1.29, 1.82) is 0 Å². The SMILES string of the molecule is CC(C)=CCn1c(N2CCC3CN(C(=O)O)CC32)nc2ccc(NC(=O)c3ccccc3)cc21. The molecule has 2 fully saturated rings. The van der Waals surface area contributed by atoms with Crippen LogP contribution in [0, 0.1) is 5.92 Å². The maximum atomic E-state index is 12.7. The minimum absolute atomic E-state index is 0.135. The smallest absolute Gasteiger partial charge is 0.407 e. The summed E-state index contributed by atoms with van der Waals surface area (Å²) >= 11 is 0. The van der Waals surface area contributed by atoms with Crippen molar-refractivity contribution >= 4 is 34.7 Å². The quantitative estimate of drug-likeness (QED) is 0.551. The largest absolute Gasteiger partial charge is 0.465 e. The van der Waals surface area contributed by atoms with Crippen LogP contribution in [0.5, 0.6) is 0 Å². The van der Waals surface area contributed by atoms with Gasteiger partial charge in [-0.1, -0.05) is 29.8 Å². The van der Waals surface area contributed by atoms with E-state index < -0.39 is 6.09 Å². The normalized spacial score (nSPS) is 19.4. The Morgan fingerprint density at radius 1 is 1.15 bits per heavy atom. The van der Waals surface area contributed by atoms with E-state index in [4.69, 9.17) is 4.98 Å². The Hall–Kier alpha value is -3.81. The van der Waals surface area contributed by atoms with E-state index in [0.717, 1.165) is 29.9 Å². The van der Waals surface area contributed by atoms with Crippen LogP contribution in [-0.4, -0.2) is 57.2 Å². The Kier molecular flexibility index (Phi) is 5.73. The van der Waals surface area contributed by atoms with E-state index in [0.29, 0.717) is 36.8 Å². The van der Waals surface area contributed by atoms with Gasteiger partial charge in [-0.25, -0.2) is 9.78 Å². The zero-order valence-electron chi connectivity index (χ0n) is 19.4. The molecule has 2 unspecified atom stereocenters. The van der Waals surface area contributed by atoms with Gasteiger partial charge in [-0.15, -0.1) is 0 Å². The van der Waals surface area contributed by atoms with Crippen LogP contribution in [0.3, 0.4) is 0 Å². The van der Waals surface area contributed by atoms with E-state index >= 15 is 0 Å². The van der Waals surface area contributed by atoms with E-state index in [1.807, 2.05) is 36.4 Å². The molecule has 8 nitrogen and oxygen atoms in total. The molecule has 2 atom stereocenters. The first-order valence-corrected chi connectivity index (χ1v) is 11.7. The first-order chi connectivity index (χ1) is 16.4. The highest BCUT2D eigenvalue weighted by molar-refractivity contribution is 6.05. The number of nitrogens with one attached hydrogen (secondary N) is 1. The molecule has 2 aromatic carbocycles. The van der Waals surface area contributed by atoms with Crippen LogP contribution >= 0.6 is 0 Å². The fourth-order valence-corrected chi connectivity index (χ4v) is 5.02. The third kappa shape index (κ3) is 4.11. The van der Waals surface area contributed by atoms with Crippen LogP contribution in [0.2, 0.25) is 0 Å². The van der Waals surface area contributed by atoms with Crippen LogP contribution < -0.4 is 10.2 Å². The van der Waals surface area contributed by atoms with Gasteiger partial charge in [-0.05, 0) is 50.6 Å². The first kappa shape index (κ1) is 22.0. The molecule has 2 aliphatic rings. The zero-order valence-corrected chi connectivity index (χ0v) is 19.4. The van der Waals surface area contributed by atoms with Gasteiger partial charge in [0.15, 0.2) is 0 Å². The van der Waals surface area contributed by atoms with Crippen LogP contribution in [0.25, 0.3) is 11.0 Å². The third-order valence-corrected chi connectivity index (χ3v) is 6.78. The lowest BCUT2D eigenvalue weighted by atomic mass is 10.1. The number of benzene rings is 2. The van der Waals surface area contributed by atoms with Crippen molar-refractivity contribution in [2.45, 2.75) is 32.9 Å². The number of likely N-dealkylation sites (tertiary alicyclic amines) is 1. The number of rotatable bonds is 5. The minimum atomic E-state index is -0.855. The van der Waals surface area contributed by atoms with Gasteiger partial charge >= 0.3 is 6.09 Å². The molecule has 0 radical (unpaired) electrons. The Balaban J connectivity index is 1.49. The average molecular weight is 460 g/mol. The molecule has 176 valence electrons. The molecular formula is C26H29N5O3. The van der Waals surface area contributed by atoms with Gasteiger partial charge in [0.25, 0.3) is 5.91 Å². The van der Waals surface area contributed by atoms with Crippen molar-refractivity contribution in [3.8, 4) is 0 Å². The van der Waals surface area contributed by atoms with Crippen molar-refractivity contribution in [3.05, 3.63) is 65.7 Å². The summed E-state index contributed by atoms with van der Waals surface area (Å²) in [4.78, 5) is 33.0. The second-order valence-corrected chi connectivity index (χ2v) is 9.32. The number of hydrogen-bond donors (Lipinski definition) is 2. The van der Waals surface area contributed by atoms with Crippen molar-refractivity contribution in [1.82, 2.24) is 14.5 Å². The highest BCUT2D eigenvalue weighted by atomic mass is 16.4. The molecule has 2 N–H and O–H groups in total. The van der Waals surface area contributed by atoms with E-state index in [1.165, 1.54) is 10.5 Å². The average Bonchev–Trinajstić information content (AvgIpc) is 3.50. The minimum Gasteiger partial charge on any atom is -0.465 e. The summed E-state index contributed by atoms with van der Waals surface area (Å²) in [6.07, 6.45) is 2.26. The summed E-state index contributed by atoms with van der Waals surface area (Å²) in [6.45, 7) is 6.74. The number of hydrogen-bond acceptors (Lipinski definition) is 4. The monoisotopic (exact) mass is 459 g/mol. The van der Waals surface area contributed by atoms with Crippen LogP contribution in [0.1, 0.15) is 30.6 Å². The number of carbonyl (C=O) groups excluding carboxylic acids is 1. The van der Waals surface area contributed by atoms with E-state index in [1.54, 1.807) is 12.1 Å². The second-order valence-electron chi connectivity index (χ2n) is 9.32. The highest BCUT2D eigenvalue weighted by Gasteiger charge is 2.44. The Morgan fingerprint density at radius 3 is 2.68 bits per heavy atom. The predicted molar refractivity (Wildman–Crippen MR) is 132 cm³/mol. The molecule has 2 aliphatic heterocycles. The molecule has 2 amide bonds. The number of nitrogens with zero attached hydrogens (tertiary/aromatic N) is 4. The Morgan fingerprint density at radius 2 is 1.94 bits per heavy atom. The van der Waals surface area contributed by atoms with Crippen LogP contribution in [0.15, 0.2) is 60.2 Å². The molecule has 1 aromatic heterocycles. The lowest BCUT2D eigenvalue weighted by Crippen LogP contribution is -2.38. The van der Waals surface area contributed by atoms with Gasteiger partial charge in [0.05, 0.1) is 17.1 Å². The van der Waals surface area contributed by atoms with Crippen LogP contribution in [-0.2, 0) is 6.54 Å². The van der Waals surface area contributed by atoms with E-state index in [9.17, 15) is 14.7 Å². The van der Waals surface area contributed by atoms with Gasteiger partial charge in [0, 0.05) is 43.3 Å². The molecule has 34 heavy (non-hydrogen) atoms. The first-order valence-electron chi connectivity index (χ1n) is 11.7. The lowest BCUT2D eigenvalue weighted by Gasteiger charge is -2.26. The molecule has 8 heteroatoms. The zero-order chi connectivity index (χ0) is 23.8. The third-order valence-electron chi connectivity index (χ3n) is 6.78. The molecule has 5 rings (SSSR count). The maximum absolute atomic E-state index is 12.7. The Bertz CT molecular complexity index is 1260. The highest BCUT2D eigenvalue weighted by Crippen LogP contribution is 2.36. The number of fused-ring (bicyclic) bond motifs is 2. The number of anilines is 2. The molecule has 0 saturated carbocycles. The molecule has 0 bridgehead atoms. The summed E-state index contributed by atoms with van der Waals surface area (Å²) in [7, 11) is 0. The lowest BCUT2D eigenvalue weighted by molar-refractivity contribution is 0.102. The number of amides is 2. The number of carboxylic acid groups (broad SMARTS) is 1. The summed E-state index contributed by atoms with van der Waals surface area (Å²) in [6, 6.07) is 15.1. The maximum Gasteiger partial charge on any atom is 0.407 e. The van der Waals surface area contributed by atoms with Crippen molar-refractivity contribution in [3.63, 3.8) is 0 Å². The molecular weight excluding hydrogens is 430 g/mol. The summed E-state index contributed by atoms with van der Waals surface area (Å²) in [5.41, 5.74) is 4.32. The van der Waals surface area contributed by atoms with Crippen molar-refractivity contribution in [2.75, 3.05) is 29.9 Å². The summed E-state index contributed by atoms with van der Waals surface area (Å²) in [5, 5.41) is 12.5. The van der Waals surface area contributed by atoms with Gasteiger partial charge in [-0.2, -0.15) is 0 Å². The van der Waals surface area contributed by atoms with E-state index in [-0.39, 0.29) is 11.9 Å². The summed E-state index contributed by atoms with van der Waals surface area (Å²) in [5.74, 6) is 1.03. The number of carbonyl (C=O) groups is 2. The fraction of sp³-hybridized carbons (Fsp3) is 0.346. The van der Waals surface area contributed by atoms with Gasteiger partial charge < -0.3 is 24.8 Å². The second kappa shape index (κ2) is 8.85. The van der Waals surface area contributed by atoms with Crippen LogP contribution in [0.4, 0.5) is 16.4 Å². The van der Waals surface area contributed by atoms with Crippen molar-refractivity contribution < 1.29 is 14.7 Å². The van der Waals surface area contributed by atoms with Gasteiger partial charge in [0.2, 0.25) is 5.95 Å². The molecule has 3 heterocycles.